The number of thioether (sulfide) groups is 1. The zero-order valence-electron chi connectivity index (χ0n) is 16.5. The van der Waals surface area contributed by atoms with E-state index in [9.17, 15) is 13.2 Å². The molecule has 0 saturated carbocycles. The lowest BCUT2D eigenvalue weighted by Crippen LogP contribution is -2.22. The van der Waals surface area contributed by atoms with Gasteiger partial charge in [-0.3, -0.25) is 4.79 Å². The Kier molecular flexibility index (Phi) is 6.75. The number of nitrogens with one attached hydrogen (secondary N) is 1. The minimum atomic E-state index is -3.51. The fourth-order valence-electron chi connectivity index (χ4n) is 2.36. The summed E-state index contributed by atoms with van der Waals surface area (Å²) < 4.78 is 35.9. The highest BCUT2D eigenvalue weighted by Gasteiger charge is 2.17. The molecule has 0 atom stereocenters. The van der Waals surface area contributed by atoms with Crippen molar-refractivity contribution in [3.63, 3.8) is 0 Å². The van der Waals surface area contributed by atoms with Crippen LogP contribution in [0, 0.1) is 0 Å². The van der Waals surface area contributed by atoms with Crippen LogP contribution in [0.15, 0.2) is 63.1 Å². The zero-order valence-corrected chi connectivity index (χ0v) is 18.2. The first-order valence-electron chi connectivity index (χ1n) is 8.73. The maximum Gasteiger partial charge on any atom is 0.277 e. The summed E-state index contributed by atoms with van der Waals surface area (Å²) in [6.45, 7) is 0. The van der Waals surface area contributed by atoms with E-state index in [-0.39, 0.29) is 21.8 Å². The van der Waals surface area contributed by atoms with Crippen molar-refractivity contribution in [2.75, 3.05) is 32.3 Å². The topological polar surface area (TPSA) is 115 Å². The van der Waals surface area contributed by atoms with Crippen LogP contribution in [0.5, 0.6) is 5.75 Å². The number of aromatic nitrogens is 2. The molecule has 158 valence electrons. The summed E-state index contributed by atoms with van der Waals surface area (Å²) in [5.74, 6) is 0.838. The van der Waals surface area contributed by atoms with E-state index >= 15 is 0 Å². The molecule has 3 aromatic rings. The molecule has 11 heteroatoms. The molecule has 1 N–H and O–H groups in total. The number of hydrogen-bond acceptors (Lipinski definition) is 8. The average Bonchev–Trinajstić information content (AvgIpc) is 3.22. The number of methoxy groups -OCH3 is 1. The number of amides is 1. The van der Waals surface area contributed by atoms with Crippen molar-refractivity contribution in [3.8, 4) is 17.2 Å². The number of anilines is 1. The van der Waals surface area contributed by atoms with Crippen LogP contribution in [0.1, 0.15) is 0 Å². The van der Waals surface area contributed by atoms with Gasteiger partial charge in [0.1, 0.15) is 5.75 Å². The van der Waals surface area contributed by atoms with Crippen LogP contribution in [0.2, 0.25) is 0 Å². The number of sulfonamides is 1. The van der Waals surface area contributed by atoms with Crippen LogP contribution >= 0.6 is 11.8 Å². The smallest absolute Gasteiger partial charge is 0.277 e. The van der Waals surface area contributed by atoms with E-state index < -0.39 is 10.0 Å². The lowest BCUT2D eigenvalue weighted by molar-refractivity contribution is -0.113. The van der Waals surface area contributed by atoms with Crippen LogP contribution < -0.4 is 10.1 Å². The van der Waals surface area contributed by atoms with E-state index in [1.165, 1.54) is 38.4 Å². The van der Waals surface area contributed by atoms with Gasteiger partial charge in [-0.05, 0) is 48.5 Å². The molecule has 0 bridgehead atoms. The molecule has 1 heterocycles. The SMILES string of the molecule is COc1ccc(-c2nnc(SCC(=O)Nc3ccc(S(=O)(=O)N(C)C)cc3)o2)cc1. The first-order valence-corrected chi connectivity index (χ1v) is 11.2. The fraction of sp³-hybridized carbons (Fsp3) is 0.211. The Morgan fingerprint density at radius 2 is 1.77 bits per heavy atom. The summed E-state index contributed by atoms with van der Waals surface area (Å²) in [6.07, 6.45) is 0. The number of hydrogen-bond donors (Lipinski definition) is 1. The first-order chi connectivity index (χ1) is 14.3. The monoisotopic (exact) mass is 448 g/mol. The van der Waals surface area contributed by atoms with Crippen molar-refractivity contribution in [1.29, 1.82) is 0 Å². The molecule has 0 spiro atoms. The molecule has 0 unspecified atom stereocenters. The molecule has 0 aliphatic heterocycles. The molecule has 3 rings (SSSR count). The van der Waals surface area contributed by atoms with Gasteiger partial charge in [0.25, 0.3) is 5.22 Å². The quantitative estimate of drug-likeness (QED) is 0.523. The Labute approximate surface area is 178 Å². The van der Waals surface area contributed by atoms with Crippen molar-refractivity contribution < 1.29 is 22.4 Å². The second-order valence-electron chi connectivity index (χ2n) is 6.25. The Hall–Kier alpha value is -2.89. The molecular weight excluding hydrogens is 428 g/mol. The van der Waals surface area contributed by atoms with E-state index in [0.717, 1.165) is 27.4 Å². The van der Waals surface area contributed by atoms with Gasteiger partial charge in [0.05, 0.1) is 17.8 Å². The van der Waals surface area contributed by atoms with Gasteiger partial charge in [-0.15, -0.1) is 10.2 Å². The number of nitrogens with zero attached hydrogens (tertiary/aromatic N) is 3. The maximum atomic E-state index is 12.2. The number of benzene rings is 2. The van der Waals surface area contributed by atoms with Crippen molar-refractivity contribution in [3.05, 3.63) is 48.5 Å². The summed E-state index contributed by atoms with van der Waals surface area (Å²) in [5.41, 5.74) is 1.23. The molecular formula is C19H20N4O5S2. The van der Waals surface area contributed by atoms with E-state index in [1.54, 1.807) is 31.4 Å². The third-order valence-corrected chi connectivity index (χ3v) is 6.63. The second kappa shape index (κ2) is 9.28. The molecule has 1 aromatic heterocycles. The molecule has 9 nitrogen and oxygen atoms in total. The lowest BCUT2D eigenvalue weighted by atomic mass is 10.2. The Morgan fingerprint density at radius 1 is 1.10 bits per heavy atom. The Balaban J connectivity index is 1.55. The summed E-state index contributed by atoms with van der Waals surface area (Å²) >= 11 is 1.10. The molecule has 0 radical (unpaired) electrons. The minimum absolute atomic E-state index is 0.0575. The number of carbonyl (C=O) groups is 1. The largest absolute Gasteiger partial charge is 0.497 e. The van der Waals surface area contributed by atoms with Gasteiger partial charge in [-0.25, -0.2) is 12.7 Å². The molecule has 30 heavy (non-hydrogen) atoms. The molecule has 2 aromatic carbocycles. The van der Waals surface area contributed by atoms with Gasteiger partial charge in [0.2, 0.25) is 21.8 Å². The highest BCUT2D eigenvalue weighted by Crippen LogP contribution is 2.25. The minimum Gasteiger partial charge on any atom is -0.497 e. The molecule has 0 aliphatic carbocycles. The van der Waals surface area contributed by atoms with E-state index in [0.29, 0.717) is 11.6 Å². The van der Waals surface area contributed by atoms with Crippen LogP contribution in [0.25, 0.3) is 11.5 Å². The number of ether oxygens (including phenoxy) is 1. The molecule has 0 fully saturated rings. The highest BCUT2D eigenvalue weighted by molar-refractivity contribution is 7.99. The Morgan fingerprint density at radius 3 is 2.37 bits per heavy atom. The maximum absolute atomic E-state index is 12.2. The standard InChI is InChI=1S/C19H20N4O5S2/c1-23(2)30(25,26)16-10-6-14(7-11-16)20-17(24)12-29-19-22-21-18(28-19)13-4-8-15(27-3)9-5-13/h4-11H,12H2,1-3H3,(H,20,24). The van der Waals surface area contributed by atoms with Crippen molar-refractivity contribution >= 4 is 33.4 Å². The van der Waals surface area contributed by atoms with Crippen LogP contribution in [0.4, 0.5) is 5.69 Å². The third-order valence-electron chi connectivity index (χ3n) is 3.99. The lowest BCUT2D eigenvalue weighted by Gasteiger charge is -2.11. The third kappa shape index (κ3) is 5.17. The van der Waals surface area contributed by atoms with Crippen LogP contribution in [-0.4, -0.2) is 55.8 Å². The molecule has 1 amide bonds. The van der Waals surface area contributed by atoms with Gasteiger partial charge in [0.15, 0.2) is 0 Å². The summed E-state index contributed by atoms with van der Waals surface area (Å²) in [4.78, 5) is 12.3. The fourth-order valence-corrected chi connectivity index (χ4v) is 3.83. The van der Waals surface area contributed by atoms with Gasteiger partial charge in [-0.2, -0.15) is 0 Å². The van der Waals surface area contributed by atoms with Gasteiger partial charge in [0, 0.05) is 25.3 Å². The van der Waals surface area contributed by atoms with Crippen molar-refractivity contribution in [2.45, 2.75) is 10.1 Å². The molecule has 0 saturated heterocycles. The summed E-state index contributed by atoms with van der Waals surface area (Å²) in [6, 6.07) is 13.1. The number of rotatable bonds is 8. The van der Waals surface area contributed by atoms with Gasteiger partial charge >= 0.3 is 0 Å². The normalized spacial score (nSPS) is 11.5. The van der Waals surface area contributed by atoms with E-state index in [4.69, 9.17) is 9.15 Å². The predicted octanol–water partition coefficient (Wildman–Crippen LogP) is 2.73. The van der Waals surface area contributed by atoms with E-state index in [2.05, 4.69) is 15.5 Å². The second-order valence-corrected chi connectivity index (χ2v) is 9.33. The average molecular weight is 449 g/mol. The van der Waals surface area contributed by atoms with Crippen LogP contribution in [0.3, 0.4) is 0 Å². The van der Waals surface area contributed by atoms with Gasteiger partial charge < -0.3 is 14.5 Å². The van der Waals surface area contributed by atoms with Gasteiger partial charge in [-0.1, -0.05) is 11.8 Å². The van der Waals surface area contributed by atoms with Crippen molar-refractivity contribution in [2.24, 2.45) is 0 Å². The summed E-state index contributed by atoms with van der Waals surface area (Å²) in [5, 5.41) is 10.9. The van der Waals surface area contributed by atoms with Crippen LogP contribution in [-0.2, 0) is 14.8 Å². The summed E-state index contributed by atoms with van der Waals surface area (Å²) in [7, 11) is 0.990. The Bertz CT molecular complexity index is 1110. The van der Waals surface area contributed by atoms with E-state index in [1.807, 2.05) is 0 Å². The zero-order chi connectivity index (χ0) is 21.7. The predicted molar refractivity (Wildman–Crippen MR) is 113 cm³/mol. The first kappa shape index (κ1) is 21.8. The number of carbonyl (C=O) groups excluding carboxylic acids is 1. The van der Waals surface area contributed by atoms with Crippen molar-refractivity contribution in [1.82, 2.24) is 14.5 Å². The molecule has 0 aliphatic rings. The highest BCUT2D eigenvalue weighted by atomic mass is 32.2.